The molecule has 0 aliphatic heterocycles. The van der Waals surface area contributed by atoms with E-state index < -0.39 is 21.3 Å². The monoisotopic (exact) mass is 277 g/mol. The van der Waals surface area contributed by atoms with Crippen LogP contribution in [0, 0.1) is 5.92 Å². The highest BCUT2D eigenvalue weighted by atomic mass is 32.2. The fraction of sp³-hybridized carbons (Fsp3) is 0.909. The van der Waals surface area contributed by atoms with Crippen LogP contribution in [0.5, 0.6) is 0 Å². The first-order valence-corrected chi connectivity index (χ1v) is 7.91. The van der Waals surface area contributed by atoms with Crippen molar-refractivity contribution < 1.29 is 13.6 Å². The SMILES string of the molecule is CC(C)S(=O)(=O)NC(/C(N)=N/O)C1CCCCC1. The van der Waals surface area contributed by atoms with Crippen molar-refractivity contribution in [2.24, 2.45) is 16.8 Å². The number of nitrogens with one attached hydrogen (secondary N) is 1. The van der Waals surface area contributed by atoms with E-state index in [9.17, 15) is 8.42 Å². The molecule has 1 aliphatic carbocycles. The van der Waals surface area contributed by atoms with Crippen molar-refractivity contribution in [3.05, 3.63) is 0 Å². The minimum Gasteiger partial charge on any atom is -0.409 e. The van der Waals surface area contributed by atoms with Crippen molar-refractivity contribution in [1.82, 2.24) is 4.72 Å². The lowest BCUT2D eigenvalue weighted by Crippen LogP contribution is -2.51. The lowest BCUT2D eigenvalue weighted by Gasteiger charge is -2.30. The molecule has 0 saturated heterocycles. The summed E-state index contributed by atoms with van der Waals surface area (Å²) in [6.45, 7) is 3.21. The highest BCUT2D eigenvalue weighted by Crippen LogP contribution is 2.27. The van der Waals surface area contributed by atoms with Gasteiger partial charge in [0.2, 0.25) is 10.0 Å². The summed E-state index contributed by atoms with van der Waals surface area (Å²) in [6, 6.07) is -0.595. The van der Waals surface area contributed by atoms with E-state index in [2.05, 4.69) is 9.88 Å². The summed E-state index contributed by atoms with van der Waals surface area (Å²) in [5.74, 6) is 0.0642. The molecule has 1 unspecified atom stereocenters. The average molecular weight is 277 g/mol. The third-order valence-corrected chi connectivity index (χ3v) is 5.29. The second-order valence-electron chi connectivity index (χ2n) is 5.11. The van der Waals surface area contributed by atoms with Crippen LogP contribution < -0.4 is 10.5 Å². The van der Waals surface area contributed by atoms with Gasteiger partial charge in [0.05, 0.1) is 11.3 Å². The Morgan fingerprint density at radius 1 is 1.33 bits per heavy atom. The Morgan fingerprint density at radius 2 is 1.89 bits per heavy atom. The highest BCUT2D eigenvalue weighted by Gasteiger charge is 2.31. The standard InChI is InChI=1S/C11H23N3O3S/c1-8(2)18(16,17)14-10(11(12)13-15)9-6-4-3-5-7-9/h8-10,14-15H,3-7H2,1-2H3,(H2,12,13). The summed E-state index contributed by atoms with van der Waals surface area (Å²) in [7, 11) is -3.42. The van der Waals surface area contributed by atoms with Crippen LogP contribution in [0.25, 0.3) is 0 Å². The summed E-state index contributed by atoms with van der Waals surface area (Å²) in [4.78, 5) is 0. The van der Waals surface area contributed by atoms with E-state index in [0.717, 1.165) is 32.1 Å². The molecule has 1 saturated carbocycles. The maximum atomic E-state index is 11.9. The average Bonchev–Trinajstić information content (AvgIpc) is 2.36. The highest BCUT2D eigenvalue weighted by molar-refractivity contribution is 7.90. The first-order chi connectivity index (χ1) is 8.38. The van der Waals surface area contributed by atoms with Gasteiger partial charge in [-0.2, -0.15) is 0 Å². The lowest BCUT2D eigenvalue weighted by atomic mass is 9.84. The van der Waals surface area contributed by atoms with Crippen LogP contribution in [-0.2, 0) is 10.0 Å². The normalized spacial score (nSPS) is 21.2. The summed E-state index contributed by atoms with van der Waals surface area (Å²) < 4.78 is 26.4. The van der Waals surface area contributed by atoms with Gasteiger partial charge in [-0.3, -0.25) is 0 Å². The first kappa shape index (κ1) is 15.2. The van der Waals surface area contributed by atoms with Crippen LogP contribution in [0.15, 0.2) is 5.16 Å². The molecule has 18 heavy (non-hydrogen) atoms. The summed E-state index contributed by atoms with van der Waals surface area (Å²) in [6.07, 6.45) is 5.09. The predicted molar refractivity (Wildman–Crippen MR) is 71.0 cm³/mol. The van der Waals surface area contributed by atoms with Crippen LogP contribution in [-0.4, -0.2) is 30.8 Å². The lowest BCUT2D eigenvalue weighted by molar-refractivity contribution is 0.297. The molecular formula is C11H23N3O3S. The Hall–Kier alpha value is -0.820. The van der Waals surface area contributed by atoms with Crippen molar-refractivity contribution >= 4 is 15.9 Å². The van der Waals surface area contributed by atoms with E-state index >= 15 is 0 Å². The molecule has 0 aromatic carbocycles. The van der Waals surface area contributed by atoms with E-state index in [1.807, 2.05) is 0 Å². The van der Waals surface area contributed by atoms with Gasteiger partial charge in [-0.15, -0.1) is 0 Å². The van der Waals surface area contributed by atoms with Gasteiger partial charge in [-0.25, -0.2) is 13.1 Å². The molecule has 1 rings (SSSR count). The van der Waals surface area contributed by atoms with Crippen molar-refractivity contribution in [2.75, 3.05) is 0 Å². The molecule has 0 bridgehead atoms. The number of nitrogens with zero attached hydrogens (tertiary/aromatic N) is 1. The maximum absolute atomic E-state index is 11.9. The van der Waals surface area contributed by atoms with Crippen molar-refractivity contribution in [2.45, 2.75) is 57.2 Å². The van der Waals surface area contributed by atoms with Crippen LogP contribution in [0.3, 0.4) is 0 Å². The molecule has 1 aliphatic rings. The van der Waals surface area contributed by atoms with E-state index in [1.165, 1.54) is 0 Å². The molecule has 0 aromatic rings. The molecular weight excluding hydrogens is 254 g/mol. The minimum atomic E-state index is -3.42. The molecule has 106 valence electrons. The number of hydrogen-bond acceptors (Lipinski definition) is 4. The Labute approximate surface area is 109 Å². The largest absolute Gasteiger partial charge is 0.409 e. The number of rotatable bonds is 5. The first-order valence-electron chi connectivity index (χ1n) is 6.37. The molecule has 1 atom stereocenters. The zero-order valence-electron chi connectivity index (χ0n) is 11.0. The number of sulfonamides is 1. The third kappa shape index (κ3) is 3.84. The second kappa shape index (κ2) is 6.38. The second-order valence-corrected chi connectivity index (χ2v) is 7.38. The van der Waals surface area contributed by atoms with E-state index in [1.54, 1.807) is 13.8 Å². The maximum Gasteiger partial charge on any atom is 0.214 e. The van der Waals surface area contributed by atoms with Gasteiger partial charge in [-0.05, 0) is 32.6 Å². The third-order valence-electron chi connectivity index (χ3n) is 3.47. The Morgan fingerprint density at radius 3 is 2.33 bits per heavy atom. The molecule has 0 radical (unpaired) electrons. The van der Waals surface area contributed by atoms with Gasteiger partial charge in [0.1, 0.15) is 0 Å². The molecule has 4 N–H and O–H groups in total. The molecule has 0 aromatic heterocycles. The van der Waals surface area contributed by atoms with Gasteiger partial charge in [0.15, 0.2) is 5.84 Å². The summed E-state index contributed by atoms with van der Waals surface area (Å²) in [5.41, 5.74) is 5.63. The van der Waals surface area contributed by atoms with Gasteiger partial charge in [0.25, 0.3) is 0 Å². The van der Waals surface area contributed by atoms with E-state index in [0.29, 0.717) is 0 Å². The smallest absolute Gasteiger partial charge is 0.214 e. The quantitative estimate of drug-likeness (QED) is 0.302. The number of nitrogens with two attached hydrogens (primary N) is 1. The van der Waals surface area contributed by atoms with Gasteiger partial charge in [-0.1, -0.05) is 24.4 Å². The number of amidine groups is 1. The topological polar surface area (TPSA) is 105 Å². The Balaban J connectivity index is 2.85. The van der Waals surface area contributed by atoms with Crippen LogP contribution in [0.2, 0.25) is 0 Å². The Bertz CT molecular complexity index is 386. The van der Waals surface area contributed by atoms with Crippen molar-refractivity contribution in [3.63, 3.8) is 0 Å². The van der Waals surface area contributed by atoms with Gasteiger partial charge in [0, 0.05) is 0 Å². The van der Waals surface area contributed by atoms with E-state index in [-0.39, 0.29) is 11.8 Å². The minimum absolute atomic E-state index is 0.0499. The van der Waals surface area contributed by atoms with Crippen molar-refractivity contribution in [1.29, 1.82) is 0 Å². The molecule has 0 amide bonds. The predicted octanol–water partition coefficient (Wildman–Crippen LogP) is 1.01. The summed E-state index contributed by atoms with van der Waals surface area (Å²) in [5, 5.41) is 11.2. The fourth-order valence-corrected chi connectivity index (χ4v) is 3.18. The Kier molecular flexibility index (Phi) is 5.40. The molecule has 0 spiro atoms. The van der Waals surface area contributed by atoms with Crippen molar-refractivity contribution in [3.8, 4) is 0 Å². The molecule has 7 heteroatoms. The number of oxime groups is 1. The van der Waals surface area contributed by atoms with E-state index in [4.69, 9.17) is 10.9 Å². The molecule has 6 nitrogen and oxygen atoms in total. The fourth-order valence-electron chi connectivity index (χ4n) is 2.24. The van der Waals surface area contributed by atoms with Crippen LogP contribution in [0.1, 0.15) is 46.0 Å². The zero-order chi connectivity index (χ0) is 13.8. The molecule has 1 fully saturated rings. The van der Waals surface area contributed by atoms with Crippen LogP contribution >= 0.6 is 0 Å². The van der Waals surface area contributed by atoms with Crippen LogP contribution in [0.4, 0.5) is 0 Å². The van der Waals surface area contributed by atoms with Gasteiger partial charge >= 0.3 is 0 Å². The zero-order valence-corrected chi connectivity index (χ0v) is 11.8. The molecule has 0 heterocycles. The van der Waals surface area contributed by atoms with Gasteiger partial charge < -0.3 is 10.9 Å². The summed E-state index contributed by atoms with van der Waals surface area (Å²) >= 11 is 0. The number of hydrogen-bond donors (Lipinski definition) is 3.